The van der Waals surface area contributed by atoms with Gasteiger partial charge in [0.15, 0.2) is 0 Å². The normalized spacial score (nSPS) is 20.0. The maximum Gasteiger partial charge on any atom is 0.340 e. The van der Waals surface area contributed by atoms with Gasteiger partial charge in [0.2, 0.25) is 0 Å². The van der Waals surface area contributed by atoms with Crippen molar-refractivity contribution >= 4 is 18.0 Å². The van der Waals surface area contributed by atoms with Crippen molar-refractivity contribution < 1.29 is 23.5 Å². The molecule has 32 heavy (non-hydrogen) atoms. The molecule has 1 aromatic heterocycles. The molecule has 3 heterocycles. The number of allylic oxidation sites excluding steroid dienone is 1. The Morgan fingerprint density at radius 3 is 2.69 bits per heavy atom. The van der Waals surface area contributed by atoms with Gasteiger partial charge in [-0.2, -0.15) is 0 Å². The van der Waals surface area contributed by atoms with E-state index in [1.165, 1.54) is 13.2 Å². The van der Waals surface area contributed by atoms with Gasteiger partial charge in [-0.15, -0.1) is 0 Å². The van der Waals surface area contributed by atoms with Crippen LogP contribution >= 0.6 is 0 Å². The summed E-state index contributed by atoms with van der Waals surface area (Å²) in [6, 6.07) is 8.43. The molecule has 1 unspecified atom stereocenters. The Morgan fingerprint density at radius 1 is 1.28 bits per heavy atom. The number of aromatic nitrogens is 1. The lowest BCUT2D eigenvalue weighted by Crippen LogP contribution is -2.33. The highest BCUT2D eigenvalue weighted by Crippen LogP contribution is 2.34. The van der Waals surface area contributed by atoms with Gasteiger partial charge in [0.1, 0.15) is 5.82 Å². The van der Waals surface area contributed by atoms with Crippen LogP contribution in [0.1, 0.15) is 36.7 Å². The Hall–Kier alpha value is -3.19. The van der Waals surface area contributed by atoms with Gasteiger partial charge in [-0.1, -0.05) is 12.1 Å². The van der Waals surface area contributed by atoms with Crippen LogP contribution < -0.4 is 0 Å². The van der Waals surface area contributed by atoms with Crippen LogP contribution in [0.4, 0.5) is 4.39 Å². The van der Waals surface area contributed by atoms with E-state index in [0.717, 1.165) is 29.8 Å². The van der Waals surface area contributed by atoms with Crippen molar-refractivity contribution in [3.05, 3.63) is 69.9 Å². The molecule has 0 N–H and O–H groups in total. The topological polar surface area (TPSA) is 60.8 Å². The molecule has 1 amide bonds. The van der Waals surface area contributed by atoms with Crippen LogP contribution in [0.5, 0.6) is 0 Å². The van der Waals surface area contributed by atoms with E-state index in [-0.39, 0.29) is 29.0 Å². The van der Waals surface area contributed by atoms with Crippen molar-refractivity contribution in [2.24, 2.45) is 0 Å². The van der Waals surface area contributed by atoms with Gasteiger partial charge in [0.25, 0.3) is 5.91 Å². The van der Waals surface area contributed by atoms with E-state index < -0.39 is 5.97 Å². The molecule has 2 aromatic rings. The number of amides is 1. The number of aryl methyl sites for hydroxylation is 1. The lowest BCUT2D eigenvalue weighted by molar-refractivity contribution is -0.136. The molecule has 0 aliphatic carbocycles. The number of carbonyl (C=O) groups excluding carboxylic acids is 2. The second kappa shape index (κ2) is 8.74. The highest BCUT2D eigenvalue weighted by molar-refractivity contribution is 6.16. The van der Waals surface area contributed by atoms with Crippen LogP contribution in [0.15, 0.2) is 47.2 Å². The first-order chi connectivity index (χ1) is 15.3. The summed E-state index contributed by atoms with van der Waals surface area (Å²) in [6.07, 6.45) is 3.50. The first-order valence-electron chi connectivity index (χ1n) is 10.7. The van der Waals surface area contributed by atoms with Crippen LogP contribution in [0.2, 0.25) is 0 Å². The summed E-state index contributed by atoms with van der Waals surface area (Å²) in [4.78, 5) is 27.5. The number of hydrogen-bond acceptors (Lipinski definition) is 4. The van der Waals surface area contributed by atoms with Crippen molar-refractivity contribution in [2.75, 3.05) is 20.3 Å². The predicted molar refractivity (Wildman–Crippen MR) is 119 cm³/mol. The third-order valence-electron chi connectivity index (χ3n) is 6.17. The van der Waals surface area contributed by atoms with Gasteiger partial charge < -0.3 is 18.9 Å². The molecule has 1 saturated heterocycles. The molecule has 0 radical (unpaired) electrons. The van der Waals surface area contributed by atoms with E-state index in [1.807, 2.05) is 19.9 Å². The van der Waals surface area contributed by atoms with Crippen LogP contribution in [-0.2, 0) is 19.1 Å². The molecule has 4 rings (SSSR count). The smallest absolute Gasteiger partial charge is 0.340 e. The van der Waals surface area contributed by atoms with Crippen molar-refractivity contribution in [3.8, 4) is 5.69 Å². The highest BCUT2D eigenvalue weighted by Gasteiger charge is 2.38. The Labute approximate surface area is 186 Å². The number of ether oxygens (including phenoxy) is 2. The van der Waals surface area contributed by atoms with Crippen molar-refractivity contribution in [2.45, 2.75) is 39.7 Å². The molecule has 1 atom stereocenters. The van der Waals surface area contributed by atoms with Gasteiger partial charge in [-0.05, 0) is 63.5 Å². The summed E-state index contributed by atoms with van der Waals surface area (Å²) < 4.78 is 26.9. The summed E-state index contributed by atoms with van der Waals surface area (Å²) in [6.45, 7) is 6.58. The fraction of sp³-hybridized carbons (Fsp3) is 0.360. The van der Waals surface area contributed by atoms with Crippen LogP contribution in [-0.4, -0.2) is 47.7 Å². The zero-order valence-electron chi connectivity index (χ0n) is 18.8. The van der Waals surface area contributed by atoms with E-state index in [2.05, 4.69) is 0 Å². The molecule has 1 fully saturated rings. The Balaban J connectivity index is 1.77. The van der Waals surface area contributed by atoms with E-state index in [9.17, 15) is 14.0 Å². The second-order valence-corrected chi connectivity index (χ2v) is 8.17. The number of rotatable bonds is 5. The minimum Gasteiger partial charge on any atom is -0.465 e. The molecule has 7 heteroatoms. The lowest BCUT2D eigenvalue weighted by atomic mass is 10.0. The zero-order valence-corrected chi connectivity index (χ0v) is 18.8. The second-order valence-electron chi connectivity index (χ2n) is 8.17. The number of halogens is 1. The maximum atomic E-state index is 14.4. The van der Waals surface area contributed by atoms with Crippen molar-refractivity contribution in [1.29, 1.82) is 0 Å². The average molecular weight is 438 g/mol. The summed E-state index contributed by atoms with van der Waals surface area (Å²) >= 11 is 0. The minimum absolute atomic E-state index is 0.0433. The lowest BCUT2D eigenvalue weighted by Gasteiger charge is -2.21. The molecule has 0 saturated carbocycles. The molecular formula is C25H27FN2O4. The van der Waals surface area contributed by atoms with E-state index in [4.69, 9.17) is 9.47 Å². The van der Waals surface area contributed by atoms with Crippen molar-refractivity contribution in [1.82, 2.24) is 9.47 Å². The SMILES string of the molecule is COC(=O)C1=C(C)N(CC2CCCO2)C(=O)/C1=C\c1cc(C)n(-c2ccccc2F)c1C. The number of nitrogens with zero attached hydrogens (tertiary/aromatic N) is 2. The number of benzene rings is 1. The van der Waals surface area contributed by atoms with E-state index in [0.29, 0.717) is 24.5 Å². The summed E-state index contributed by atoms with van der Waals surface area (Å²) in [5, 5.41) is 0. The molecule has 2 aliphatic rings. The van der Waals surface area contributed by atoms with Crippen LogP contribution in [0, 0.1) is 19.7 Å². The third-order valence-corrected chi connectivity index (χ3v) is 6.17. The number of hydrogen-bond donors (Lipinski definition) is 0. The van der Waals surface area contributed by atoms with E-state index in [1.54, 1.807) is 40.7 Å². The molecule has 1 aromatic carbocycles. The Kier molecular flexibility index (Phi) is 6.02. The monoisotopic (exact) mass is 438 g/mol. The summed E-state index contributed by atoms with van der Waals surface area (Å²) in [5.74, 6) is -1.15. The fourth-order valence-corrected chi connectivity index (χ4v) is 4.53. The number of para-hydroxylation sites is 1. The minimum atomic E-state index is -0.556. The Morgan fingerprint density at radius 2 is 2.03 bits per heavy atom. The summed E-state index contributed by atoms with van der Waals surface area (Å²) in [7, 11) is 1.30. The molecule has 168 valence electrons. The average Bonchev–Trinajstić information content (AvgIpc) is 3.44. The molecular weight excluding hydrogens is 411 g/mol. The molecule has 0 spiro atoms. The van der Waals surface area contributed by atoms with Gasteiger partial charge >= 0.3 is 5.97 Å². The van der Waals surface area contributed by atoms with E-state index >= 15 is 0 Å². The summed E-state index contributed by atoms with van der Waals surface area (Å²) in [5.41, 5.74) is 3.86. The first-order valence-corrected chi connectivity index (χ1v) is 10.7. The molecule has 2 aliphatic heterocycles. The highest BCUT2D eigenvalue weighted by atomic mass is 19.1. The molecule has 0 bridgehead atoms. The number of methoxy groups -OCH3 is 1. The number of carbonyl (C=O) groups is 2. The zero-order chi connectivity index (χ0) is 23.0. The van der Waals surface area contributed by atoms with Gasteiger partial charge in [-0.25, -0.2) is 9.18 Å². The third kappa shape index (κ3) is 3.77. The fourth-order valence-electron chi connectivity index (χ4n) is 4.53. The predicted octanol–water partition coefficient (Wildman–Crippen LogP) is 4.08. The largest absolute Gasteiger partial charge is 0.465 e. The van der Waals surface area contributed by atoms with Crippen molar-refractivity contribution in [3.63, 3.8) is 0 Å². The van der Waals surface area contributed by atoms with Gasteiger partial charge in [-0.3, -0.25) is 4.79 Å². The standard InChI is InChI=1S/C25H27FN2O4/c1-15-12-18(16(2)28(15)22-10-6-5-9-21(22)26)13-20-23(25(30)31-4)17(3)27(24(20)29)14-19-8-7-11-32-19/h5-6,9-10,12-13,19H,7-8,11,14H2,1-4H3/b20-13-. The van der Waals surface area contributed by atoms with Gasteiger partial charge in [0, 0.05) is 23.7 Å². The first kappa shape index (κ1) is 22.0. The quantitative estimate of drug-likeness (QED) is 0.521. The van der Waals surface area contributed by atoms with Gasteiger partial charge in [0.05, 0.1) is 36.6 Å². The van der Waals surface area contributed by atoms with Crippen LogP contribution in [0.3, 0.4) is 0 Å². The number of esters is 1. The maximum absolute atomic E-state index is 14.4. The molecule has 6 nitrogen and oxygen atoms in total. The Bertz CT molecular complexity index is 1140. The van der Waals surface area contributed by atoms with Crippen LogP contribution in [0.25, 0.3) is 11.8 Å².